The van der Waals surface area contributed by atoms with E-state index in [-0.39, 0.29) is 11.3 Å². The van der Waals surface area contributed by atoms with Gasteiger partial charge in [-0.3, -0.25) is 4.79 Å². The summed E-state index contributed by atoms with van der Waals surface area (Å²) in [4.78, 5) is 14.7. The summed E-state index contributed by atoms with van der Waals surface area (Å²) < 4.78 is 0. The molecular weight excluding hydrogens is 248 g/mol. The minimum Gasteiger partial charge on any atom is -0.339 e. The summed E-state index contributed by atoms with van der Waals surface area (Å²) in [7, 11) is 0. The predicted octanol–water partition coefficient (Wildman–Crippen LogP) is 3.04. The summed E-state index contributed by atoms with van der Waals surface area (Å²) in [5, 5.41) is 0. The minimum atomic E-state index is -0.0366. The second-order valence-electron chi connectivity index (χ2n) is 6.48. The second kappa shape index (κ2) is 6.89. The molecule has 3 heteroatoms. The van der Waals surface area contributed by atoms with Crippen LogP contribution in [0.2, 0.25) is 0 Å². The van der Waals surface area contributed by atoms with Crippen LogP contribution < -0.4 is 5.73 Å². The fraction of sp³-hybridized carbons (Fsp3) is 0.588. The number of hydrogen-bond donors (Lipinski definition) is 1. The average molecular weight is 276 g/mol. The fourth-order valence-corrected chi connectivity index (χ4v) is 2.30. The van der Waals surface area contributed by atoms with Crippen LogP contribution in [0.4, 0.5) is 0 Å². The first-order valence-electron chi connectivity index (χ1n) is 7.40. The van der Waals surface area contributed by atoms with Crippen molar-refractivity contribution >= 4 is 5.91 Å². The number of hydrogen-bond acceptors (Lipinski definition) is 2. The van der Waals surface area contributed by atoms with Gasteiger partial charge in [0.2, 0.25) is 0 Å². The third-order valence-corrected chi connectivity index (χ3v) is 3.57. The Bertz CT molecular complexity index is 449. The molecule has 0 spiro atoms. The summed E-state index contributed by atoms with van der Waals surface area (Å²) in [5.41, 5.74) is 7.55. The van der Waals surface area contributed by atoms with Gasteiger partial charge in [-0.2, -0.15) is 0 Å². The van der Waals surface area contributed by atoms with Crippen molar-refractivity contribution in [2.24, 2.45) is 11.7 Å². The van der Waals surface area contributed by atoms with Crippen molar-refractivity contribution in [1.82, 2.24) is 4.90 Å². The number of nitrogens with two attached hydrogens (primary N) is 1. The molecule has 2 N–H and O–H groups in total. The summed E-state index contributed by atoms with van der Waals surface area (Å²) in [6.07, 6.45) is 0. The lowest BCUT2D eigenvalue weighted by Crippen LogP contribution is -2.37. The Morgan fingerprint density at radius 1 is 1.30 bits per heavy atom. The average Bonchev–Trinajstić information content (AvgIpc) is 2.42. The molecular formula is C17H28N2O. The van der Waals surface area contributed by atoms with Crippen molar-refractivity contribution < 1.29 is 4.79 Å². The van der Waals surface area contributed by atoms with E-state index in [0.29, 0.717) is 25.6 Å². The van der Waals surface area contributed by atoms with Crippen molar-refractivity contribution in [1.29, 1.82) is 0 Å². The van der Waals surface area contributed by atoms with E-state index in [1.165, 1.54) is 0 Å². The number of nitrogens with zero attached hydrogens (tertiary/aromatic N) is 1. The third-order valence-electron chi connectivity index (χ3n) is 3.57. The van der Waals surface area contributed by atoms with Crippen LogP contribution in [0, 0.1) is 5.92 Å². The highest BCUT2D eigenvalue weighted by molar-refractivity contribution is 5.96. The molecule has 1 rings (SSSR count). The molecule has 1 aromatic carbocycles. The van der Waals surface area contributed by atoms with Crippen LogP contribution in [0.1, 0.15) is 50.5 Å². The standard InChI is InChI=1S/C17H28N2O/c1-6-19(12-13(2)11-18)16(20)14-9-7-8-10-15(14)17(3,4)5/h7-10,13H,6,11-12,18H2,1-5H3. The van der Waals surface area contributed by atoms with E-state index in [2.05, 4.69) is 27.7 Å². The number of carbonyl (C=O) groups excluding carboxylic acids is 1. The van der Waals surface area contributed by atoms with Gasteiger partial charge < -0.3 is 10.6 Å². The minimum absolute atomic E-state index is 0.0366. The van der Waals surface area contributed by atoms with Crippen LogP contribution >= 0.6 is 0 Å². The fourth-order valence-electron chi connectivity index (χ4n) is 2.30. The number of carbonyl (C=O) groups is 1. The molecule has 0 aliphatic heterocycles. The Hall–Kier alpha value is -1.35. The zero-order valence-electron chi connectivity index (χ0n) is 13.4. The van der Waals surface area contributed by atoms with Crippen molar-refractivity contribution in [2.45, 2.75) is 40.0 Å². The maximum Gasteiger partial charge on any atom is 0.254 e. The normalized spacial score (nSPS) is 13.1. The first-order chi connectivity index (χ1) is 9.31. The van der Waals surface area contributed by atoms with E-state index in [9.17, 15) is 4.79 Å². The molecule has 1 aromatic rings. The van der Waals surface area contributed by atoms with E-state index in [1.54, 1.807) is 0 Å². The summed E-state index contributed by atoms with van der Waals surface area (Å²) >= 11 is 0. The highest BCUT2D eigenvalue weighted by atomic mass is 16.2. The molecule has 0 aliphatic rings. The maximum absolute atomic E-state index is 12.8. The smallest absolute Gasteiger partial charge is 0.254 e. The first-order valence-corrected chi connectivity index (χ1v) is 7.40. The predicted molar refractivity (Wildman–Crippen MR) is 84.9 cm³/mol. The highest BCUT2D eigenvalue weighted by Crippen LogP contribution is 2.26. The molecule has 0 aromatic heterocycles. The summed E-state index contributed by atoms with van der Waals surface area (Å²) in [5.74, 6) is 0.430. The Labute approximate surface area is 123 Å². The molecule has 0 saturated heterocycles. The molecule has 0 fully saturated rings. The molecule has 0 saturated carbocycles. The van der Waals surface area contributed by atoms with Gasteiger partial charge in [-0.15, -0.1) is 0 Å². The monoisotopic (exact) mass is 276 g/mol. The van der Waals surface area contributed by atoms with E-state index >= 15 is 0 Å². The van der Waals surface area contributed by atoms with Gasteiger partial charge in [0.25, 0.3) is 5.91 Å². The van der Waals surface area contributed by atoms with Gasteiger partial charge in [0.15, 0.2) is 0 Å². The zero-order valence-corrected chi connectivity index (χ0v) is 13.4. The molecule has 112 valence electrons. The van der Waals surface area contributed by atoms with Crippen LogP contribution in [-0.2, 0) is 5.41 Å². The molecule has 0 aliphatic carbocycles. The number of amides is 1. The third kappa shape index (κ3) is 4.07. The maximum atomic E-state index is 12.8. The Morgan fingerprint density at radius 3 is 2.40 bits per heavy atom. The van der Waals surface area contributed by atoms with Gasteiger partial charge in [-0.25, -0.2) is 0 Å². The topological polar surface area (TPSA) is 46.3 Å². The van der Waals surface area contributed by atoms with Crippen LogP contribution in [-0.4, -0.2) is 30.4 Å². The van der Waals surface area contributed by atoms with Crippen molar-refractivity contribution in [3.05, 3.63) is 35.4 Å². The zero-order chi connectivity index (χ0) is 15.3. The van der Waals surface area contributed by atoms with Crippen LogP contribution in [0.25, 0.3) is 0 Å². The van der Waals surface area contributed by atoms with E-state index in [0.717, 1.165) is 11.1 Å². The lowest BCUT2D eigenvalue weighted by atomic mass is 9.83. The largest absolute Gasteiger partial charge is 0.339 e. The molecule has 20 heavy (non-hydrogen) atoms. The molecule has 1 amide bonds. The van der Waals surface area contributed by atoms with Crippen LogP contribution in [0.15, 0.2) is 24.3 Å². The summed E-state index contributed by atoms with van der Waals surface area (Å²) in [6.45, 7) is 12.5. The van der Waals surface area contributed by atoms with Crippen LogP contribution in [0.3, 0.4) is 0 Å². The highest BCUT2D eigenvalue weighted by Gasteiger charge is 2.24. The van der Waals surface area contributed by atoms with Crippen LogP contribution in [0.5, 0.6) is 0 Å². The van der Waals surface area contributed by atoms with Crippen molar-refractivity contribution in [2.75, 3.05) is 19.6 Å². The first kappa shape index (κ1) is 16.7. The Morgan fingerprint density at radius 2 is 1.90 bits per heavy atom. The lowest BCUT2D eigenvalue weighted by molar-refractivity contribution is 0.0741. The van der Waals surface area contributed by atoms with Gasteiger partial charge in [0, 0.05) is 18.7 Å². The Kier molecular flexibility index (Phi) is 5.75. The van der Waals surface area contributed by atoms with Gasteiger partial charge in [0.05, 0.1) is 0 Å². The second-order valence-corrected chi connectivity index (χ2v) is 6.48. The molecule has 0 heterocycles. The molecule has 0 radical (unpaired) electrons. The molecule has 3 nitrogen and oxygen atoms in total. The molecule has 1 unspecified atom stereocenters. The van der Waals surface area contributed by atoms with Gasteiger partial charge >= 0.3 is 0 Å². The van der Waals surface area contributed by atoms with Crippen molar-refractivity contribution in [3.8, 4) is 0 Å². The molecule has 1 atom stereocenters. The van der Waals surface area contributed by atoms with Crippen molar-refractivity contribution in [3.63, 3.8) is 0 Å². The quantitative estimate of drug-likeness (QED) is 0.898. The summed E-state index contributed by atoms with van der Waals surface area (Å²) in [6, 6.07) is 7.91. The van der Waals surface area contributed by atoms with Gasteiger partial charge in [-0.1, -0.05) is 45.9 Å². The lowest BCUT2D eigenvalue weighted by Gasteiger charge is -2.28. The Balaban J connectivity index is 3.07. The number of benzene rings is 1. The van der Waals surface area contributed by atoms with Gasteiger partial charge in [-0.05, 0) is 36.4 Å². The van der Waals surface area contributed by atoms with E-state index < -0.39 is 0 Å². The molecule has 0 bridgehead atoms. The number of rotatable bonds is 5. The van der Waals surface area contributed by atoms with E-state index in [4.69, 9.17) is 5.73 Å². The van der Waals surface area contributed by atoms with E-state index in [1.807, 2.05) is 36.1 Å². The SMILES string of the molecule is CCN(CC(C)CN)C(=O)c1ccccc1C(C)(C)C. The van der Waals surface area contributed by atoms with Gasteiger partial charge in [0.1, 0.15) is 0 Å².